The van der Waals surface area contributed by atoms with E-state index in [1.807, 2.05) is 0 Å². The number of hydrogen-bond donors (Lipinski definition) is 1. The van der Waals surface area contributed by atoms with Crippen LogP contribution in [-0.4, -0.2) is 14.1 Å². The molecule has 0 aliphatic carbocycles. The standard InChI is InChI=1S/C13H14N4O4/c1-15-8-9(12(18)16(2)13(15)19)7-14-10-3-5-11(6-4-10)17(20)21/h3-6,8,14H,7H2,1-2H3. The van der Waals surface area contributed by atoms with Crippen LogP contribution < -0.4 is 16.6 Å². The Morgan fingerprint density at radius 1 is 1.19 bits per heavy atom. The van der Waals surface area contributed by atoms with Crippen molar-refractivity contribution < 1.29 is 4.92 Å². The highest BCUT2D eigenvalue weighted by Crippen LogP contribution is 2.15. The van der Waals surface area contributed by atoms with Crippen LogP contribution in [0.5, 0.6) is 0 Å². The van der Waals surface area contributed by atoms with Crippen LogP contribution in [0.1, 0.15) is 5.56 Å². The monoisotopic (exact) mass is 290 g/mol. The van der Waals surface area contributed by atoms with Crippen molar-refractivity contribution in [3.05, 3.63) is 67.0 Å². The van der Waals surface area contributed by atoms with Gasteiger partial charge in [0.25, 0.3) is 11.2 Å². The molecule has 1 aromatic carbocycles. The molecule has 0 bridgehead atoms. The van der Waals surface area contributed by atoms with Gasteiger partial charge in [-0.05, 0) is 12.1 Å². The summed E-state index contributed by atoms with van der Waals surface area (Å²) in [5, 5.41) is 13.5. The molecule has 0 atom stereocenters. The molecule has 0 fully saturated rings. The van der Waals surface area contributed by atoms with Crippen LogP contribution in [0.2, 0.25) is 0 Å². The van der Waals surface area contributed by atoms with Gasteiger partial charge in [0.15, 0.2) is 0 Å². The molecule has 21 heavy (non-hydrogen) atoms. The molecule has 110 valence electrons. The molecule has 0 radical (unpaired) electrons. The van der Waals surface area contributed by atoms with Crippen molar-refractivity contribution in [2.24, 2.45) is 14.1 Å². The van der Waals surface area contributed by atoms with E-state index in [-0.39, 0.29) is 23.5 Å². The summed E-state index contributed by atoms with van der Waals surface area (Å²) < 4.78 is 2.36. The van der Waals surface area contributed by atoms with Gasteiger partial charge in [0.05, 0.1) is 10.5 Å². The number of nitrogens with one attached hydrogen (secondary N) is 1. The molecule has 0 aliphatic rings. The maximum atomic E-state index is 11.9. The van der Waals surface area contributed by atoms with Crippen LogP contribution in [0.4, 0.5) is 11.4 Å². The first kappa shape index (κ1) is 14.5. The first-order valence-corrected chi connectivity index (χ1v) is 6.14. The molecule has 2 aromatic rings. The second kappa shape index (κ2) is 5.61. The predicted octanol–water partition coefficient (Wildman–Crippen LogP) is 0.604. The van der Waals surface area contributed by atoms with Gasteiger partial charge in [-0.2, -0.15) is 0 Å². The molecule has 0 amide bonds. The zero-order chi connectivity index (χ0) is 15.6. The van der Waals surface area contributed by atoms with Gasteiger partial charge in [-0.3, -0.25) is 19.5 Å². The molecular formula is C13H14N4O4. The summed E-state index contributed by atoms with van der Waals surface area (Å²) in [6.45, 7) is 0.221. The lowest BCUT2D eigenvalue weighted by molar-refractivity contribution is -0.384. The SMILES string of the molecule is Cn1cc(CNc2ccc([N+](=O)[O-])cc2)c(=O)n(C)c1=O. The number of aryl methyl sites for hydroxylation is 1. The van der Waals surface area contributed by atoms with Crippen LogP contribution in [0, 0.1) is 10.1 Å². The Hall–Kier alpha value is -2.90. The van der Waals surface area contributed by atoms with E-state index in [1.165, 1.54) is 29.9 Å². The third-order valence-corrected chi connectivity index (χ3v) is 3.08. The molecule has 1 N–H and O–H groups in total. The first-order chi connectivity index (χ1) is 9.90. The molecule has 1 aromatic heterocycles. The molecule has 8 heteroatoms. The van der Waals surface area contributed by atoms with Crippen molar-refractivity contribution in [1.82, 2.24) is 9.13 Å². The summed E-state index contributed by atoms with van der Waals surface area (Å²) in [7, 11) is 2.98. The largest absolute Gasteiger partial charge is 0.381 e. The van der Waals surface area contributed by atoms with Crippen LogP contribution in [-0.2, 0) is 20.6 Å². The summed E-state index contributed by atoms with van der Waals surface area (Å²) in [4.78, 5) is 33.6. The molecule has 0 aliphatic heterocycles. The highest BCUT2D eigenvalue weighted by atomic mass is 16.6. The fourth-order valence-corrected chi connectivity index (χ4v) is 1.90. The molecule has 0 saturated heterocycles. The zero-order valence-electron chi connectivity index (χ0n) is 11.6. The van der Waals surface area contributed by atoms with Gasteiger partial charge < -0.3 is 9.88 Å². The normalized spacial score (nSPS) is 10.4. The fraction of sp³-hybridized carbons (Fsp3) is 0.231. The van der Waals surface area contributed by atoms with E-state index < -0.39 is 4.92 Å². The second-order valence-electron chi connectivity index (χ2n) is 4.57. The van der Waals surface area contributed by atoms with Gasteiger partial charge in [-0.15, -0.1) is 0 Å². The van der Waals surface area contributed by atoms with E-state index >= 15 is 0 Å². The second-order valence-corrected chi connectivity index (χ2v) is 4.57. The summed E-state index contributed by atoms with van der Waals surface area (Å²) >= 11 is 0. The highest BCUT2D eigenvalue weighted by molar-refractivity contribution is 5.48. The Balaban J connectivity index is 2.19. The number of non-ortho nitro benzene ring substituents is 1. The quantitative estimate of drug-likeness (QED) is 0.656. The lowest BCUT2D eigenvalue weighted by Gasteiger charge is -2.08. The number of nitro groups is 1. The van der Waals surface area contributed by atoms with Gasteiger partial charge in [0, 0.05) is 44.7 Å². The third-order valence-electron chi connectivity index (χ3n) is 3.08. The maximum absolute atomic E-state index is 11.9. The van der Waals surface area contributed by atoms with Crippen molar-refractivity contribution in [3.8, 4) is 0 Å². The summed E-state index contributed by atoms with van der Waals surface area (Å²) in [5.74, 6) is 0. The number of nitrogens with zero attached hydrogens (tertiary/aromatic N) is 3. The van der Waals surface area contributed by atoms with E-state index in [2.05, 4.69) is 5.32 Å². The molecule has 0 spiro atoms. The molecule has 1 heterocycles. The lowest BCUT2D eigenvalue weighted by atomic mass is 10.2. The minimum absolute atomic E-state index is 0.00132. The van der Waals surface area contributed by atoms with Gasteiger partial charge in [-0.1, -0.05) is 0 Å². The van der Waals surface area contributed by atoms with E-state index in [9.17, 15) is 19.7 Å². The third kappa shape index (κ3) is 2.99. The average molecular weight is 290 g/mol. The number of anilines is 1. The molecule has 0 saturated carbocycles. The van der Waals surface area contributed by atoms with Gasteiger partial charge in [0.1, 0.15) is 0 Å². The zero-order valence-corrected chi connectivity index (χ0v) is 11.6. The van der Waals surface area contributed by atoms with Crippen molar-refractivity contribution in [2.75, 3.05) is 5.32 Å². The van der Waals surface area contributed by atoms with Crippen LogP contribution in [0.15, 0.2) is 40.1 Å². The fourth-order valence-electron chi connectivity index (χ4n) is 1.90. The van der Waals surface area contributed by atoms with Crippen LogP contribution in [0.3, 0.4) is 0 Å². The van der Waals surface area contributed by atoms with Crippen molar-refractivity contribution in [2.45, 2.75) is 6.54 Å². The Morgan fingerprint density at radius 2 is 1.81 bits per heavy atom. The minimum atomic E-state index is -0.480. The van der Waals surface area contributed by atoms with Gasteiger partial charge in [0.2, 0.25) is 0 Å². The Morgan fingerprint density at radius 3 is 2.38 bits per heavy atom. The maximum Gasteiger partial charge on any atom is 0.330 e. The average Bonchev–Trinajstić information content (AvgIpc) is 2.48. The first-order valence-electron chi connectivity index (χ1n) is 6.14. The van der Waals surface area contributed by atoms with E-state index in [0.717, 1.165) is 4.57 Å². The predicted molar refractivity (Wildman–Crippen MR) is 77.3 cm³/mol. The summed E-state index contributed by atoms with van der Waals surface area (Å²) in [6.07, 6.45) is 1.48. The van der Waals surface area contributed by atoms with Crippen molar-refractivity contribution in [3.63, 3.8) is 0 Å². The number of aromatic nitrogens is 2. The molecule has 0 unspecified atom stereocenters. The Kier molecular flexibility index (Phi) is 3.88. The van der Waals surface area contributed by atoms with E-state index in [0.29, 0.717) is 11.3 Å². The lowest BCUT2D eigenvalue weighted by Crippen LogP contribution is -2.38. The molecule has 8 nitrogen and oxygen atoms in total. The minimum Gasteiger partial charge on any atom is -0.381 e. The highest BCUT2D eigenvalue weighted by Gasteiger charge is 2.07. The Bertz CT molecular complexity index is 789. The number of nitro benzene ring substituents is 1. The van der Waals surface area contributed by atoms with Crippen molar-refractivity contribution in [1.29, 1.82) is 0 Å². The van der Waals surface area contributed by atoms with E-state index in [1.54, 1.807) is 19.2 Å². The van der Waals surface area contributed by atoms with Gasteiger partial charge >= 0.3 is 5.69 Å². The number of rotatable bonds is 4. The van der Waals surface area contributed by atoms with E-state index in [4.69, 9.17) is 0 Å². The summed E-state index contributed by atoms with van der Waals surface area (Å²) in [6, 6.07) is 5.87. The topological polar surface area (TPSA) is 99.2 Å². The smallest absolute Gasteiger partial charge is 0.330 e. The molecular weight excluding hydrogens is 276 g/mol. The molecule has 2 rings (SSSR count). The van der Waals surface area contributed by atoms with Crippen LogP contribution >= 0.6 is 0 Å². The Labute approximate surface area is 119 Å². The van der Waals surface area contributed by atoms with Gasteiger partial charge in [-0.25, -0.2) is 4.79 Å². The number of benzene rings is 1. The summed E-state index contributed by atoms with van der Waals surface area (Å²) in [5.41, 5.74) is 0.319. The van der Waals surface area contributed by atoms with Crippen LogP contribution in [0.25, 0.3) is 0 Å². The number of hydrogen-bond acceptors (Lipinski definition) is 5. The van der Waals surface area contributed by atoms with Crippen molar-refractivity contribution >= 4 is 11.4 Å².